The van der Waals surface area contributed by atoms with Crippen molar-refractivity contribution in [3.63, 3.8) is 0 Å². The van der Waals surface area contributed by atoms with E-state index in [2.05, 4.69) is 9.97 Å². The predicted octanol–water partition coefficient (Wildman–Crippen LogP) is 2.37. The van der Waals surface area contributed by atoms with E-state index < -0.39 is 0 Å². The smallest absolute Gasteiger partial charge is 0.222 e. The van der Waals surface area contributed by atoms with Gasteiger partial charge >= 0.3 is 0 Å². The van der Waals surface area contributed by atoms with Crippen molar-refractivity contribution in [1.29, 1.82) is 0 Å². The summed E-state index contributed by atoms with van der Waals surface area (Å²) in [6, 6.07) is 8.38. The zero-order valence-electron chi connectivity index (χ0n) is 9.05. The first-order valence-electron chi connectivity index (χ1n) is 4.88. The third kappa shape index (κ3) is 2.60. The molecule has 5 heteroatoms. The van der Waals surface area contributed by atoms with E-state index >= 15 is 0 Å². The minimum Gasteiger partial charge on any atom is -0.497 e. The van der Waals surface area contributed by atoms with Crippen molar-refractivity contribution >= 4 is 17.4 Å². The highest BCUT2D eigenvalue weighted by Crippen LogP contribution is 2.15. The van der Waals surface area contributed by atoms with Gasteiger partial charge < -0.3 is 4.74 Å². The number of aromatic nitrogens is 2. The lowest BCUT2D eigenvalue weighted by atomic mass is 10.1. The lowest BCUT2D eigenvalue weighted by molar-refractivity contribution is 0.103. The molecule has 86 valence electrons. The summed E-state index contributed by atoms with van der Waals surface area (Å²) < 4.78 is 5.05. The molecule has 0 fully saturated rings. The van der Waals surface area contributed by atoms with Crippen LogP contribution in [0.3, 0.4) is 0 Å². The number of carbonyl (C=O) groups excluding carboxylic acids is 1. The van der Waals surface area contributed by atoms with Crippen LogP contribution in [0.2, 0.25) is 5.28 Å². The van der Waals surface area contributed by atoms with E-state index in [0.29, 0.717) is 11.3 Å². The number of benzene rings is 1. The Labute approximate surface area is 103 Å². The Hall–Kier alpha value is -1.94. The van der Waals surface area contributed by atoms with E-state index in [1.807, 2.05) is 0 Å². The SMILES string of the molecule is COc1cccc(C(=O)c2ccnc(Cl)n2)c1. The Kier molecular flexibility index (Phi) is 3.35. The number of halogens is 1. The molecule has 0 atom stereocenters. The third-order valence-electron chi connectivity index (χ3n) is 2.19. The molecule has 0 spiro atoms. The second-order valence-electron chi connectivity index (χ2n) is 3.27. The molecule has 0 radical (unpaired) electrons. The maximum atomic E-state index is 12.1. The van der Waals surface area contributed by atoms with Gasteiger partial charge in [0.2, 0.25) is 11.1 Å². The number of ketones is 1. The average molecular weight is 249 g/mol. The Morgan fingerprint density at radius 3 is 2.88 bits per heavy atom. The predicted molar refractivity (Wildman–Crippen MR) is 63.5 cm³/mol. The van der Waals surface area contributed by atoms with Gasteiger partial charge in [-0.15, -0.1) is 0 Å². The van der Waals surface area contributed by atoms with Crippen LogP contribution in [0.25, 0.3) is 0 Å². The largest absolute Gasteiger partial charge is 0.497 e. The molecule has 0 saturated carbocycles. The molecule has 1 aromatic heterocycles. The molecule has 0 bridgehead atoms. The van der Waals surface area contributed by atoms with E-state index in [9.17, 15) is 4.79 Å². The standard InChI is InChI=1S/C12H9ClN2O2/c1-17-9-4-2-3-8(7-9)11(16)10-5-6-14-12(13)15-10/h2-7H,1H3. The highest BCUT2D eigenvalue weighted by atomic mass is 35.5. The van der Waals surface area contributed by atoms with E-state index in [1.165, 1.54) is 12.3 Å². The summed E-state index contributed by atoms with van der Waals surface area (Å²) in [5.41, 5.74) is 0.761. The number of rotatable bonds is 3. The summed E-state index contributed by atoms with van der Waals surface area (Å²) in [5.74, 6) is 0.407. The number of nitrogens with zero attached hydrogens (tertiary/aromatic N) is 2. The average Bonchev–Trinajstić information content (AvgIpc) is 2.38. The topological polar surface area (TPSA) is 52.1 Å². The molecule has 1 aromatic carbocycles. The van der Waals surface area contributed by atoms with Gasteiger partial charge in [0.25, 0.3) is 0 Å². The van der Waals surface area contributed by atoms with Crippen molar-refractivity contribution in [1.82, 2.24) is 9.97 Å². The van der Waals surface area contributed by atoms with Gasteiger partial charge in [0.05, 0.1) is 7.11 Å². The van der Waals surface area contributed by atoms with Crippen LogP contribution in [-0.4, -0.2) is 22.9 Å². The van der Waals surface area contributed by atoms with Gasteiger partial charge in [-0.1, -0.05) is 12.1 Å². The van der Waals surface area contributed by atoms with Crippen LogP contribution in [-0.2, 0) is 0 Å². The van der Waals surface area contributed by atoms with Crippen LogP contribution >= 0.6 is 11.6 Å². The van der Waals surface area contributed by atoms with Gasteiger partial charge in [0, 0.05) is 11.8 Å². The Morgan fingerprint density at radius 2 is 2.18 bits per heavy atom. The molecule has 0 aliphatic rings. The van der Waals surface area contributed by atoms with Crippen molar-refractivity contribution in [2.45, 2.75) is 0 Å². The molecule has 0 aliphatic heterocycles. The van der Waals surface area contributed by atoms with E-state index in [-0.39, 0.29) is 16.8 Å². The van der Waals surface area contributed by atoms with E-state index in [0.717, 1.165) is 0 Å². The van der Waals surface area contributed by atoms with Crippen LogP contribution in [0.1, 0.15) is 16.1 Å². The molecule has 0 amide bonds. The summed E-state index contributed by atoms with van der Waals surface area (Å²) in [5, 5.41) is 0.0544. The second-order valence-corrected chi connectivity index (χ2v) is 3.61. The second kappa shape index (κ2) is 4.93. The van der Waals surface area contributed by atoms with Crippen LogP contribution in [0.4, 0.5) is 0 Å². The number of carbonyl (C=O) groups is 1. The summed E-state index contributed by atoms with van der Waals surface area (Å²) in [6.45, 7) is 0. The van der Waals surface area contributed by atoms with Gasteiger partial charge in [0.15, 0.2) is 0 Å². The molecular formula is C12H9ClN2O2. The third-order valence-corrected chi connectivity index (χ3v) is 2.37. The Balaban J connectivity index is 2.36. The highest BCUT2D eigenvalue weighted by Gasteiger charge is 2.11. The van der Waals surface area contributed by atoms with Crippen molar-refractivity contribution in [3.05, 3.63) is 53.1 Å². The van der Waals surface area contributed by atoms with Crippen molar-refractivity contribution < 1.29 is 9.53 Å². The highest BCUT2D eigenvalue weighted by molar-refractivity contribution is 6.28. The zero-order chi connectivity index (χ0) is 12.3. The molecular weight excluding hydrogens is 240 g/mol. The summed E-state index contributed by atoms with van der Waals surface area (Å²) in [4.78, 5) is 19.7. The van der Waals surface area contributed by atoms with Gasteiger partial charge in [-0.05, 0) is 29.8 Å². The lowest BCUT2D eigenvalue weighted by Gasteiger charge is -2.03. The van der Waals surface area contributed by atoms with E-state index in [4.69, 9.17) is 16.3 Å². The van der Waals surface area contributed by atoms with Crippen molar-refractivity contribution in [2.24, 2.45) is 0 Å². The summed E-state index contributed by atoms with van der Waals surface area (Å²) >= 11 is 5.64. The first-order valence-corrected chi connectivity index (χ1v) is 5.26. The zero-order valence-corrected chi connectivity index (χ0v) is 9.81. The molecule has 17 heavy (non-hydrogen) atoms. The number of ether oxygens (including phenoxy) is 1. The molecule has 4 nitrogen and oxygen atoms in total. The van der Waals surface area contributed by atoms with Crippen LogP contribution in [0.15, 0.2) is 36.5 Å². The number of hydrogen-bond acceptors (Lipinski definition) is 4. The van der Waals surface area contributed by atoms with Crippen molar-refractivity contribution in [3.8, 4) is 5.75 Å². The minimum atomic E-state index is -0.215. The molecule has 2 aromatic rings. The maximum Gasteiger partial charge on any atom is 0.222 e. The first kappa shape index (κ1) is 11.5. The minimum absolute atomic E-state index is 0.0544. The maximum absolute atomic E-state index is 12.1. The quantitative estimate of drug-likeness (QED) is 0.618. The Bertz CT molecular complexity index is 558. The molecule has 0 unspecified atom stereocenters. The number of methoxy groups -OCH3 is 1. The van der Waals surface area contributed by atoms with Crippen molar-refractivity contribution in [2.75, 3.05) is 7.11 Å². The summed E-state index contributed by atoms with van der Waals surface area (Å²) in [7, 11) is 1.55. The monoisotopic (exact) mass is 248 g/mol. The Morgan fingerprint density at radius 1 is 1.35 bits per heavy atom. The fourth-order valence-corrected chi connectivity index (χ4v) is 1.52. The van der Waals surface area contributed by atoms with Crippen LogP contribution in [0.5, 0.6) is 5.75 Å². The molecule has 0 saturated heterocycles. The molecule has 0 N–H and O–H groups in total. The van der Waals surface area contributed by atoms with Gasteiger partial charge in [-0.25, -0.2) is 9.97 Å². The van der Waals surface area contributed by atoms with Gasteiger partial charge in [-0.2, -0.15) is 0 Å². The molecule has 2 rings (SSSR count). The van der Waals surface area contributed by atoms with Crippen LogP contribution in [0, 0.1) is 0 Å². The first-order chi connectivity index (χ1) is 8.20. The van der Waals surface area contributed by atoms with Crippen LogP contribution < -0.4 is 4.74 Å². The lowest BCUT2D eigenvalue weighted by Crippen LogP contribution is -2.04. The fourth-order valence-electron chi connectivity index (χ4n) is 1.37. The summed E-state index contributed by atoms with van der Waals surface area (Å²) in [6.07, 6.45) is 1.45. The van der Waals surface area contributed by atoms with Gasteiger partial charge in [-0.3, -0.25) is 4.79 Å². The van der Waals surface area contributed by atoms with E-state index in [1.54, 1.807) is 31.4 Å². The number of hydrogen-bond donors (Lipinski definition) is 0. The molecule has 0 aliphatic carbocycles. The fraction of sp³-hybridized carbons (Fsp3) is 0.0833. The normalized spacial score (nSPS) is 10.0. The van der Waals surface area contributed by atoms with Gasteiger partial charge in [0.1, 0.15) is 11.4 Å². The molecule has 1 heterocycles.